The van der Waals surface area contributed by atoms with Gasteiger partial charge in [0.2, 0.25) is 10.0 Å². The van der Waals surface area contributed by atoms with Crippen LogP contribution in [-0.2, 0) is 22.9 Å². The molecule has 9 nitrogen and oxygen atoms in total. The number of benzene rings is 1. The van der Waals surface area contributed by atoms with E-state index in [-0.39, 0.29) is 23.7 Å². The molecule has 1 aromatic carbocycles. The number of aromatic nitrogens is 2. The van der Waals surface area contributed by atoms with Crippen LogP contribution in [0.4, 0.5) is 4.39 Å². The van der Waals surface area contributed by atoms with Gasteiger partial charge in [-0.15, -0.1) is 0 Å². The topological polar surface area (TPSA) is 121 Å². The third kappa shape index (κ3) is 5.84. The summed E-state index contributed by atoms with van der Waals surface area (Å²) in [5, 5.41) is 23.6. The Morgan fingerprint density at radius 1 is 1.30 bits per heavy atom. The van der Waals surface area contributed by atoms with Crippen LogP contribution in [0.1, 0.15) is 29.8 Å². The molecule has 1 aliphatic rings. The van der Waals surface area contributed by atoms with Gasteiger partial charge in [-0.1, -0.05) is 16.4 Å². The average Bonchev–Trinajstić information content (AvgIpc) is 3.21. The number of nitrogens with one attached hydrogen (secondary N) is 1. The Bertz CT molecular complexity index is 992. The van der Waals surface area contributed by atoms with Crippen molar-refractivity contribution >= 4 is 31.7 Å². The molecule has 2 aromatic rings. The molecule has 0 saturated carbocycles. The van der Waals surface area contributed by atoms with Gasteiger partial charge in [0.1, 0.15) is 17.2 Å². The van der Waals surface area contributed by atoms with Crippen LogP contribution in [-0.4, -0.2) is 65.9 Å². The summed E-state index contributed by atoms with van der Waals surface area (Å²) >= 11 is 3.13. The van der Waals surface area contributed by atoms with Gasteiger partial charge in [-0.3, -0.25) is 0 Å². The van der Waals surface area contributed by atoms with Gasteiger partial charge in [-0.25, -0.2) is 17.4 Å². The summed E-state index contributed by atoms with van der Waals surface area (Å²) in [5.41, 5.74) is 1.75. The Balaban J connectivity index is 1.57. The molecule has 0 unspecified atom stereocenters. The number of unbranched alkanes of at least 4 members (excludes halogenated alkanes) is 1. The average molecular weight is 504 g/mol. The highest BCUT2D eigenvalue weighted by atomic mass is 79.9. The number of halogens is 2. The second kappa shape index (κ2) is 10.4. The number of hydrogen-bond acceptors (Lipinski definition) is 8. The first kappa shape index (κ1) is 22.8. The summed E-state index contributed by atoms with van der Waals surface area (Å²) in [6.45, 7) is 2.33. The summed E-state index contributed by atoms with van der Waals surface area (Å²) in [5.74, 6) is -0.321. The van der Waals surface area contributed by atoms with E-state index in [4.69, 9.17) is 4.63 Å². The van der Waals surface area contributed by atoms with Crippen molar-refractivity contribution in [2.45, 2.75) is 25.7 Å². The van der Waals surface area contributed by atoms with Gasteiger partial charge < -0.3 is 10.5 Å². The van der Waals surface area contributed by atoms with Crippen LogP contribution in [0.5, 0.6) is 0 Å². The van der Waals surface area contributed by atoms with E-state index in [0.717, 1.165) is 0 Å². The van der Waals surface area contributed by atoms with Crippen molar-refractivity contribution in [2.24, 2.45) is 5.16 Å². The highest BCUT2D eigenvalue weighted by Crippen LogP contribution is 2.19. The Morgan fingerprint density at radius 2 is 2.07 bits per heavy atom. The Morgan fingerprint density at radius 3 is 2.77 bits per heavy atom. The van der Waals surface area contributed by atoms with Crippen molar-refractivity contribution in [1.82, 2.24) is 19.9 Å². The van der Waals surface area contributed by atoms with E-state index in [2.05, 4.69) is 36.7 Å². The Hall–Kier alpha value is -1.89. The lowest BCUT2D eigenvalue weighted by Crippen LogP contribution is -2.47. The summed E-state index contributed by atoms with van der Waals surface area (Å²) < 4.78 is 44.8. The lowest BCUT2D eigenvalue weighted by atomic mass is 10.0. The minimum Gasteiger partial charge on any atom is -0.411 e. The summed E-state index contributed by atoms with van der Waals surface area (Å²) in [4.78, 5) is 0. The number of rotatable bonds is 9. The van der Waals surface area contributed by atoms with Gasteiger partial charge in [-0.2, -0.15) is 4.31 Å². The first-order valence-corrected chi connectivity index (χ1v) is 12.0. The first-order chi connectivity index (χ1) is 14.4. The van der Waals surface area contributed by atoms with Gasteiger partial charge in [0.25, 0.3) is 0 Å². The summed E-state index contributed by atoms with van der Waals surface area (Å²) in [7, 11) is -3.27. The van der Waals surface area contributed by atoms with Gasteiger partial charge >= 0.3 is 0 Å². The monoisotopic (exact) mass is 503 g/mol. The predicted molar refractivity (Wildman–Crippen MR) is 112 cm³/mol. The molecule has 2 heterocycles. The zero-order valence-corrected chi connectivity index (χ0v) is 18.6. The number of nitrogens with zero attached hydrogens (tertiary/aromatic N) is 4. The maximum Gasteiger partial charge on any atom is 0.214 e. The van der Waals surface area contributed by atoms with Crippen LogP contribution in [0, 0.1) is 5.82 Å². The smallest absolute Gasteiger partial charge is 0.214 e. The molecular weight excluding hydrogens is 481 g/mol. The van der Waals surface area contributed by atoms with E-state index in [9.17, 15) is 18.0 Å². The molecule has 0 amide bonds. The minimum absolute atomic E-state index is 0.0676. The highest BCUT2D eigenvalue weighted by Gasteiger charge is 2.23. The molecule has 0 radical (unpaired) electrons. The maximum atomic E-state index is 13.4. The SMILES string of the molecule is O=S(=O)(CCCCc1nonc1/C(Cc1ccc(F)c(Br)c1)=N/O)N1CCNCC1. The van der Waals surface area contributed by atoms with Gasteiger partial charge in [-0.05, 0) is 58.0 Å². The van der Waals surface area contributed by atoms with Crippen LogP contribution in [0.3, 0.4) is 0 Å². The van der Waals surface area contributed by atoms with Crippen molar-refractivity contribution in [2.75, 3.05) is 31.9 Å². The molecule has 0 aliphatic carbocycles. The van der Waals surface area contributed by atoms with Crippen molar-refractivity contribution in [3.63, 3.8) is 0 Å². The molecule has 164 valence electrons. The lowest BCUT2D eigenvalue weighted by Gasteiger charge is -2.26. The molecular formula is C18H23BrFN5O4S. The van der Waals surface area contributed by atoms with Gasteiger partial charge in [0, 0.05) is 32.6 Å². The fraction of sp³-hybridized carbons (Fsp3) is 0.500. The summed E-state index contributed by atoms with van der Waals surface area (Å²) in [6.07, 6.45) is 1.67. The molecule has 1 fully saturated rings. The molecule has 0 bridgehead atoms. The van der Waals surface area contributed by atoms with Crippen LogP contribution in [0.15, 0.2) is 32.5 Å². The quantitative estimate of drug-likeness (QED) is 0.232. The fourth-order valence-electron chi connectivity index (χ4n) is 3.23. The third-order valence-corrected chi connectivity index (χ3v) is 7.41. The largest absolute Gasteiger partial charge is 0.411 e. The van der Waals surface area contributed by atoms with E-state index < -0.39 is 10.0 Å². The minimum atomic E-state index is -3.27. The fourth-order valence-corrected chi connectivity index (χ4v) is 5.22. The maximum absolute atomic E-state index is 13.4. The molecule has 3 rings (SSSR count). The van der Waals surface area contributed by atoms with Gasteiger partial charge in [0.15, 0.2) is 5.69 Å². The standard InChI is InChI=1S/C18H23BrFN5O4S/c19-14-11-13(4-5-15(14)20)12-17(22-26)18-16(23-29-24-18)3-1-2-10-30(27,28)25-8-6-21-7-9-25/h4-5,11,21,26H,1-3,6-10,12H2/b22-17+. The molecule has 1 aliphatic heterocycles. The Kier molecular flexibility index (Phi) is 7.92. The van der Waals surface area contributed by atoms with Crippen LogP contribution < -0.4 is 5.32 Å². The normalized spacial score (nSPS) is 16.1. The van der Waals surface area contributed by atoms with Crippen LogP contribution in [0.25, 0.3) is 0 Å². The van der Waals surface area contributed by atoms with E-state index in [0.29, 0.717) is 66.9 Å². The molecule has 12 heteroatoms. The van der Waals surface area contributed by atoms with Crippen molar-refractivity contribution in [3.05, 3.63) is 45.4 Å². The lowest BCUT2D eigenvalue weighted by molar-refractivity contribution is 0.300. The van der Waals surface area contributed by atoms with E-state index in [1.54, 1.807) is 12.1 Å². The molecule has 0 atom stereocenters. The summed E-state index contributed by atoms with van der Waals surface area (Å²) in [6, 6.07) is 4.49. The number of piperazine rings is 1. The number of aryl methyl sites for hydroxylation is 1. The van der Waals surface area contributed by atoms with Crippen molar-refractivity contribution in [3.8, 4) is 0 Å². The zero-order chi connectivity index (χ0) is 21.6. The molecule has 1 aromatic heterocycles. The molecule has 2 N–H and O–H groups in total. The second-order valence-corrected chi connectivity index (χ2v) is 9.90. The van der Waals surface area contributed by atoms with E-state index in [1.165, 1.54) is 10.4 Å². The first-order valence-electron chi connectivity index (χ1n) is 9.56. The molecule has 30 heavy (non-hydrogen) atoms. The number of hydrogen-bond donors (Lipinski definition) is 2. The molecule has 1 saturated heterocycles. The third-order valence-electron chi connectivity index (χ3n) is 4.84. The zero-order valence-electron chi connectivity index (χ0n) is 16.2. The molecule has 0 spiro atoms. The van der Waals surface area contributed by atoms with Crippen molar-refractivity contribution < 1.29 is 22.6 Å². The predicted octanol–water partition coefficient (Wildman–Crippen LogP) is 1.95. The van der Waals surface area contributed by atoms with Crippen molar-refractivity contribution in [1.29, 1.82) is 0 Å². The second-order valence-electron chi connectivity index (χ2n) is 6.95. The number of sulfonamides is 1. The van der Waals surface area contributed by atoms with Gasteiger partial charge in [0.05, 0.1) is 10.2 Å². The highest BCUT2D eigenvalue weighted by molar-refractivity contribution is 9.10. The van der Waals surface area contributed by atoms with E-state index >= 15 is 0 Å². The number of oxime groups is 1. The van der Waals surface area contributed by atoms with Crippen LogP contribution in [0.2, 0.25) is 0 Å². The van der Waals surface area contributed by atoms with E-state index in [1.807, 2.05) is 0 Å². The Labute approximate surface area is 182 Å². The van der Waals surface area contributed by atoms with Crippen LogP contribution >= 0.6 is 15.9 Å².